The first-order chi connectivity index (χ1) is 4.29. The van der Waals surface area contributed by atoms with Crippen LogP contribution in [0.4, 0.5) is 0 Å². The fraction of sp³-hybridized carbons (Fsp3) is 0.500. The van der Waals surface area contributed by atoms with E-state index in [1.807, 2.05) is 0 Å². The van der Waals surface area contributed by atoms with Crippen LogP contribution in [0.25, 0.3) is 0 Å². The summed E-state index contributed by atoms with van der Waals surface area (Å²) in [5, 5.41) is 3.75. The molecule has 0 aromatic heterocycles. The number of nitrogens with two attached hydrogens (primary N) is 1. The highest BCUT2D eigenvalue weighted by atomic mass is 16.6. The van der Waals surface area contributed by atoms with E-state index in [2.05, 4.69) is 11.7 Å². The topological polar surface area (TPSA) is 47.6 Å². The first kappa shape index (κ1) is 6.13. The molecular weight excluding hydrogens is 116 g/mol. The van der Waals surface area contributed by atoms with Crippen molar-refractivity contribution in [2.24, 2.45) is 10.9 Å². The van der Waals surface area contributed by atoms with Gasteiger partial charge >= 0.3 is 0 Å². The predicted octanol–water partition coefficient (Wildman–Crippen LogP) is 0.625. The van der Waals surface area contributed by atoms with Gasteiger partial charge in [0.1, 0.15) is 6.61 Å². The second kappa shape index (κ2) is 2.53. The quantitative estimate of drug-likeness (QED) is 0.589. The van der Waals surface area contributed by atoms with Gasteiger partial charge in [0.05, 0.1) is 5.71 Å². The molecule has 1 rings (SSSR count). The third-order valence-corrected chi connectivity index (χ3v) is 1.11. The monoisotopic (exact) mass is 126 g/mol. The molecule has 0 unspecified atom stereocenters. The lowest BCUT2D eigenvalue weighted by Gasteiger charge is -1.93. The normalized spacial score (nSPS) is 16.7. The van der Waals surface area contributed by atoms with Crippen molar-refractivity contribution in [1.29, 1.82) is 0 Å². The second-order valence-electron chi connectivity index (χ2n) is 2.08. The van der Waals surface area contributed by atoms with Crippen LogP contribution in [0.1, 0.15) is 12.8 Å². The van der Waals surface area contributed by atoms with Crippen LogP contribution in [0.15, 0.2) is 17.4 Å². The van der Waals surface area contributed by atoms with Crippen LogP contribution in [0.5, 0.6) is 0 Å². The van der Waals surface area contributed by atoms with Gasteiger partial charge in [-0.05, 0) is 0 Å². The maximum Gasteiger partial charge on any atom is 0.122 e. The molecule has 50 valence electrons. The summed E-state index contributed by atoms with van der Waals surface area (Å²) >= 11 is 0. The van der Waals surface area contributed by atoms with Crippen LogP contribution < -0.4 is 5.73 Å². The number of nitrogens with zero attached hydrogens (tertiary/aromatic N) is 1. The average molecular weight is 126 g/mol. The van der Waals surface area contributed by atoms with E-state index >= 15 is 0 Å². The Morgan fingerprint density at radius 1 is 1.89 bits per heavy atom. The summed E-state index contributed by atoms with van der Waals surface area (Å²) in [6.45, 7) is 4.26. The molecule has 1 aliphatic heterocycles. The summed E-state index contributed by atoms with van der Waals surface area (Å²) in [7, 11) is 0. The van der Waals surface area contributed by atoms with Crippen LogP contribution in [0.2, 0.25) is 0 Å². The lowest BCUT2D eigenvalue weighted by Crippen LogP contribution is -2.02. The van der Waals surface area contributed by atoms with Crippen molar-refractivity contribution in [2.75, 3.05) is 6.61 Å². The van der Waals surface area contributed by atoms with Crippen molar-refractivity contribution in [3.05, 3.63) is 12.3 Å². The zero-order valence-electron chi connectivity index (χ0n) is 5.26. The SMILES string of the molecule is C=C(N)CC1=NOCC1. The van der Waals surface area contributed by atoms with Gasteiger partial charge in [-0.15, -0.1) is 0 Å². The summed E-state index contributed by atoms with van der Waals surface area (Å²) in [4.78, 5) is 4.75. The highest BCUT2D eigenvalue weighted by Crippen LogP contribution is 2.05. The first-order valence-corrected chi connectivity index (χ1v) is 2.90. The van der Waals surface area contributed by atoms with Gasteiger partial charge in [-0.3, -0.25) is 0 Å². The van der Waals surface area contributed by atoms with E-state index in [1.165, 1.54) is 0 Å². The highest BCUT2D eigenvalue weighted by Gasteiger charge is 2.06. The summed E-state index contributed by atoms with van der Waals surface area (Å²) < 4.78 is 0. The number of allylic oxidation sites excluding steroid dienone is 1. The van der Waals surface area contributed by atoms with Gasteiger partial charge in [0.2, 0.25) is 0 Å². The molecule has 0 amide bonds. The van der Waals surface area contributed by atoms with Gasteiger partial charge in [-0.1, -0.05) is 11.7 Å². The summed E-state index contributed by atoms with van der Waals surface area (Å²) in [5.74, 6) is 0. The fourth-order valence-corrected chi connectivity index (χ4v) is 0.729. The third-order valence-electron chi connectivity index (χ3n) is 1.11. The molecule has 0 fully saturated rings. The fourth-order valence-electron chi connectivity index (χ4n) is 0.729. The minimum Gasteiger partial charge on any atom is -0.402 e. The van der Waals surface area contributed by atoms with Gasteiger partial charge in [-0.25, -0.2) is 0 Å². The molecule has 0 saturated heterocycles. The van der Waals surface area contributed by atoms with Crippen molar-refractivity contribution in [3.63, 3.8) is 0 Å². The Labute approximate surface area is 54.2 Å². The molecule has 0 spiro atoms. The van der Waals surface area contributed by atoms with Crippen LogP contribution >= 0.6 is 0 Å². The van der Waals surface area contributed by atoms with E-state index in [9.17, 15) is 0 Å². The smallest absolute Gasteiger partial charge is 0.122 e. The Balaban J connectivity index is 2.35. The van der Waals surface area contributed by atoms with Crippen molar-refractivity contribution >= 4 is 5.71 Å². The molecule has 0 bridgehead atoms. The molecule has 3 heteroatoms. The zero-order valence-corrected chi connectivity index (χ0v) is 5.26. The molecule has 0 atom stereocenters. The van der Waals surface area contributed by atoms with Gasteiger partial charge in [0, 0.05) is 18.5 Å². The molecule has 1 aliphatic rings. The van der Waals surface area contributed by atoms with Crippen LogP contribution in [-0.4, -0.2) is 12.3 Å². The van der Waals surface area contributed by atoms with Gasteiger partial charge in [0.25, 0.3) is 0 Å². The van der Waals surface area contributed by atoms with E-state index < -0.39 is 0 Å². The lowest BCUT2D eigenvalue weighted by molar-refractivity contribution is 0.173. The number of oxime groups is 1. The molecule has 3 nitrogen and oxygen atoms in total. The molecular formula is C6H10N2O. The number of hydrogen-bond acceptors (Lipinski definition) is 3. The molecule has 0 aliphatic carbocycles. The third kappa shape index (κ3) is 1.76. The molecule has 0 radical (unpaired) electrons. The largest absolute Gasteiger partial charge is 0.402 e. The first-order valence-electron chi connectivity index (χ1n) is 2.90. The molecule has 2 N–H and O–H groups in total. The maximum atomic E-state index is 5.34. The Hall–Kier alpha value is -0.990. The number of rotatable bonds is 2. The van der Waals surface area contributed by atoms with Crippen molar-refractivity contribution in [2.45, 2.75) is 12.8 Å². The maximum absolute atomic E-state index is 5.34. The standard InChI is InChI=1S/C6H10N2O/c1-5(7)4-6-2-3-9-8-6/h1-4,7H2. The molecule has 0 aromatic carbocycles. The van der Waals surface area contributed by atoms with Crippen LogP contribution in [0.3, 0.4) is 0 Å². The Morgan fingerprint density at radius 3 is 3.11 bits per heavy atom. The van der Waals surface area contributed by atoms with Crippen LogP contribution in [-0.2, 0) is 4.84 Å². The van der Waals surface area contributed by atoms with Gasteiger partial charge in [-0.2, -0.15) is 0 Å². The molecule has 0 saturated carbocycles. The molecule has 1 heterocycles. The Morgan fingerprint density at radius 2 is 2.67 bits per heavy atom. The minimum absolute atomic E-state index is 0.652. The van der Waals surface area contributed by atoms with E-state index in [1.54, 1.807) is 0 Å². The second-order valence-corrected chi connectivity index (χ2v) is 2.08. The van der Waals surface area contributed by atoms with Crippen LogP contribution in [0, 0.1) is 0 Å². The Bertz CT molecular complexity index is 151. The van der Waals surface area contributed by atoms with Crippen molar-refractivity contribution in [3.8, 4) is 0 Å². The summed E-state index contributed by atoms with van der Waals surface area (Å²) in [6, 6.07) is 0. The van der Waals surface area contributed by atoms with Gasteiger partial charge in [0.15, 0.2) is 0 Å². The molecule has 9 heavy (non-hydrogen) atoms. The highest BCUT2D eigenvalue weighted by molar-refractivity contribution is 5.86. The summed E-state index contributed by atoms with van der Waals surface area (Å²) in [5.41, 5.74) is 7.00. The lowest BCUT2D eigenvalue weighted by atomic mass is 10.2. The van der Waals surface area contributed by atoms with Crippen molar-refractivity contribution in [1.82, 2.24) is 0 Å². The average Bonchev–Trinajstić information content (AvgIpc) is 2.15. The van der Waals surface area contributed by atoms with E-state index in [4.69, 9.17) is 10.6 Å². The summed E-state index contributed by atoms with van der Waals surface area (Å²) in [6.07, 6.45) is 1.58. The predicted molar refractivity (Wildman–Crippen MR) is 35.9 cm³/mol. The van der Waals surface area contributed by atoms with Crippen molar-refractivity contribution < 1.29 is 4.84 Å². The zero-order chi connectivity index (χ0) is 6.69. The Kier molecular flexibility index (Phi) is 1.72. The minimum atomic E-state index is 0.652. The van der Waals surface area contributed by atoms with Gasteiger partial charge < -0.3 is 10.6 Å². The van der Waals surface area contributed by atoms with E-state index in [-0.39, 0.29) is 0 Å². The number of hydrogen-bond donors (Lipinski definition) is 1. The van der Waals surface area contributed by atoms with E-state index in [0.29, 0.717) is 18.7 Å². The molecule has 0 aromatic rings. The van der Waals surface area contributed by atoms with E-state index in [0.717, 1.165) is 12.1 Å².